The molecule has 11 rings (SSSR count). The molecule has 0 atom stereocenters. The van der Waals surface area contributed by atoms with Crippen molar-refractivity contribution in [2.24, 2.45) is 0 Å². The summed E-state index contributed by atoms with van der Waals surface area (Å²) in [5.74, 6) is 0. The minimum absolute atomic E-state index is 0.863. The Morgan fingerprint density at radius 3 is 1.67 bits per heavy atom. The van der Waals surface area contributed by atoms with Crippen LogP contribution in [0.3, 0.4) is 0 Å². The molecule has 0 radical (unpaired) electrons. The molecule has 0 aliphatic carbocycles. The van der Waals surface area contributed by atoms with E-state index in [1.165, 1.54) is 59.1 Å². The topological polar surface area (TPSA) is 16.4 Å². The first kappa shape index (κ1) is 33.2. The molecule has 0 spiro atoms. The van der Waals surface area contributed by atoms with Crippen molar-refractivity contribution in [2.75, 3.05) is 4.90 Å². The number of para-hydroxylation sites is 2. The fourth-order valence-corrected chi connectivity index (χ4v) is 9.53. The highest BCUT2D eigenvalue weighted by atomic mass is 32.1. The van der Waals surface area contributed by atoms with Gasteiger partial charge in [-0.2, -0.15) is 0 Å². The first-order chi connectivity index (χ1) is 28.3. The Hall–Kier alpha value is -7.20. The van der Waals surface area contributed by atoms with Crippen molar-refractivity contribution < 1.29 is 4.42 Å². The summed E-state index contributed by atoms with van der Waals surface area (Å²) < 4.78 is 9.05. The summed E-state index contributed by atoms with van der Waals surface area (Å²) >= 11 is 1.86. The van der Waals surface area contributed by atoms with E-state index >= 15 is 0 Å². The number of fused-ring (bicyclic) bond motifs is 6. The van der Waals surface area contributed by atoms with Gasteiger partial charge in [0.05, 0.1) is 5.69 Å². The molecule has 0 N–H and O–H groups in total. The fraction of sp³-hybridized carbons (Fsp3) is 0. The van der Waals surface area contributed by atoms with E-state index in [9.17, 15) is 0 Å². The molecule has 3 heteroatoms. The maximum absolute atomic E-state index is 6.48. The van der Waals surface area contributed by atoms with Crippen molar-refractivity contribution >= 4 is 70.5 Å². The summed E-state index contributed by atoms with van der Waals surface area (Å²) in [7, 11) is 0. The molecule has 0 bridgehead atoms. The zero-order valence-electron chi connectivity index (χ0n) is 31.0. The van der Waals surface area contributed by atoms with Gasteiger partial charge in [0, 0.05) is 53.9 Å². The molecule has 11 aromatic rings. The normalized spacial score (nSPS) is 11.5. The predicted molar refractivity (Wildman–Crippen MR) is 243 cm³/mol. The molecule has 0 amide bonds. The Labute approximate surface area is 335 Å². The van der Waals surface area contributed by atoms with Gasteiger partial charge in [-0.3, -0.25) is 0 Å². The molecule has 2 heterocycles. The lowest BCUT2D eigenvalue weighted by molar-refractivity contribution is 0.669. The van der Waals surface area contributed by atoms with Crippen LogP contribution in [0.15, 0.2) is 217 Å². The molecule has 0 fully saturated rings. The molecule has 9 aromatic carbocycles. The smallest absolute Gasteiger partial charge is 0.137 e. The first-order valence-corrected chi connectivity index (χ1v) is 20.1. The van der Waals surface area contributed by atoms with E-state index in [-0.39, 0.29) is 0 Å². The van der Waals surface area contributed by atoms with Gasteiger partial charge in [-0.1, -0.05) is 158 Å². The van der Waals surface area contributed by atoms with E-state index in [1.54, 1.807) is 0 Å². The zero-order valence-corrected chi connectivity index (χ0v) is 31.8. The summed E-state index contributed by atoms with van der Waals surface area (Å²) in [6, 6.07) is 76.4. The Morgan fingerprint density at radius 2 is 0.912 bits per heavy atom. The SMILES string of the molecule is c1ccc(-c2ccc(-c3c(-c4ccccc4N(c4ccc(-c5ccccc5)cc4)c4ccc5c(c4)oc4ccccc45)ccc4sc5ccccc5c34)cc2)cc1. The Kier molecular flexibility index (Phi) is 8.04. The van der Waals surface area contributed by atoms with Crippen LogP contribution in [0, 0.1) is 0 Å². The van der Waals surface area contributed by atoms with Gasteiger partial charge < -0.3 is 9.32 Å². The van der Waals surface area contributed by atoms with E-state index in [0.717, 1.165) is 44.6 Å². The number of thiophene rings is 1. The maximum atomic E-state index is 6.48. The summed E-state index contributed by atoms with van der Waals surface area (Å²) in [5.41, 5.74) is 14.5. The molecule has 0 unspecified atom stereocenters. The number of hydrogen-bond donors (Lipinski definition) is 0. The van der Waals surface area contributed by atoms with Gasteiger partial charge in [0.25, 0.3) is 0 Å². The van der Waals surface area contributed by atoms with E-state index in [4.69, 9.17) is 4.42 Å². The van der Waals surface area contributed by atoms with Crippen LogP contribution < -0.4 is 4.90 Å². The molecule has 0 aliphatic heterocycles. The standard InChI is InChI=1S/C54H35NOS/c1-3-13-36(14-4-1)38-23-25-40(26-24-38)53-46(33-34-52-54(53)47-19-9-12-22-51(47)57-52)43-17-7-10-20-48(43)55(41-29-27-39(28-30-41)37-15-5-2-6-16-37)42-31-32-45-44-18-8-11-21-49(44)56-50(45)35-42/h1-35H. The van der Waals surface area contributed by atoms with Crippen LogP contribution in [0.2, 0.25) is 0 Å². The zero-order chi connectivity index (χ0) is 37.7. The highest BCUT2D eigenvalue weighted by Crippen LogP contribution is 2.49. The van der Waals surface area contributed by atoms with Crippen LogP contribution in [0.1, 0.15) is 0 Å². The molecule has 268 valence electrons. The summed E-state index contributed by atoms with van der Waals surface area (Å²) in [5, 5.41) is 4.80. The van der Waals surface area contributed by atoms with Gasteiger partial charge in [-0.15, -0.1) is 11.3 Å². The number of rotatable bonds is 7. The van der Waals surface area contributed by atoms with Crippen LogP contribution in [0.25, 0.3) is 86.6 Å². The highest BCUT2D eigenvalue weighted by molar-refractivity contribution is 7.26. The molecular formula is C54H35NOS. The second kappa shape index (κ2) is 13.8. The lowest BCUT2D eigenvalue weighted by Gasteiger charge is -2.28. The minimum atomic E-state index is 0.863. The van der Waals surface area contributed by atoms with Gasteiger partial charge >= 0.3 is 0 Å². The van der Waals surface area contributed by atoms with Crippen LogP contribution in [0.4, 0.5) is 17.1 Å². The average molecular weight is 746 g/mol. The summed E-state index contributed by atoms with van der Waals surface area (Å²) in [6.45, 7) is 0. The molecule has 0 aliphatic rings. The summed E-state index contributed by atoms with van der Waals surface area (Å²) in [6.07, 6.45) is 0. The van der Waals surface area contributed by atoms with E-state index < -0.39 is 0 Å². The molecule has 57 heavy (non-hydrogen) atoms. The third-order valence-electron chi connectivity index (χ3n) is 11.1. The third-order valence-corrected chi connectivity index (χ3v) is 12.2. The van der Waals surface area contributed by atoms with Gasteiger partial charge in [-0.25, -0.2) is 0 Å². The lowest BCUT2D eigenvalue weighted by atomic mass is 9.89. The second-order valence-corrected chi connectivity index (χ2v) is 15.5. The number of furan rings is 1. The molecule has 0 saturated heterocycles. The summed E-state index contributed by atoms with van der Waals surface area (Å²) in [4.78, 5) is 2.38. The molecular weight excluding hydrogens is 711 g/mol. The Morgan fingerprint density at radius 1 is 0.351 bits per heavy atom. The van der Waals surface area contributed by atoms with Crippen LogP contribution >= 0.6 is 11.3 Å². The van der Waals surface area contributed by atoms with Crippen LogP contribution in [-0.2, 0) is 0 Å². The van der Waals surface area contributed by atoms with Crippen molar-refractivity contribution in [3.8, 4) is 44.5 Å². The predicted octanol–water partition coefficient (Wildman–Crippen LogP) is 16.1. The Bertz CT molecular complexity index is 3210. The van der Waals surface area contributed by atoms with Crippen molar-refractivity contribution in [2.45, 2.75) is 0 Å². The van der Waals surface area contributed by atoms with E-state index in [0.29, 0.717) is 0 Å². The van der Waals surface area contributed by atoms with Gasteiger partial charge in [0.15, 0.2) is 0 Å². The second-order valence-electron chi connectivity index (χ2n) is 14.4. The van der Waals surface area contributed by atoms with Crippen LogP contribution in [0.5, 0.6) is 0 Å². The largest absolute Gasteiger partial charge is 0.456 e. The fourth-order valence-electron chi connectivity index (χ4n) is 8.41. The first-order valence-electron chi connectivity index (χ1n) is 19.3. The van der Waals surface area contributed by atoms with Crippen molar-refractivity contribution in [1.82, 2.24) is 0 Å². The van der Waals surface area contributed by atoms with E-state index in [1.807, 2.05) is 23.5 Å². The van der Waals surface area contributed by atoms with Gasteiger partial charge in [0.1, 0.15) is 11.2 Å². The Balaban J connectivity index is 1.14. The van der Waals surface area contributed by atoms with Crippen molar-refractivity contribution in [1.29, 1.82) is 0 Å². The number of hydrogen-bond acceptors (Lipinski definition) is 3. The number of benzene rings is 9. The highest BCUT2D eigenvalue weighted by Gasteiger charge is 2.23. The maximum Gasteiger partial charge on any atom is 0.137 e. The minimum Gasteiger partial charge on any atom is -0.456 e. The number of anilines is 3. The van der Waals surface area contributed by atoms with Crippen molar-refractivity contribution in [3.63, 3.8) is 0 Å². The van der Waals surface area contributed by atoms with Gasteiger partial charge in [0.2, 0.25) is 0 Å². The lowest BCUT2D eigenvalue weighted by Crippen LogP contribution is -2.11. The van der Waals surface area contributed by atoms with E-state index in [2.05, 4.69) is 205 Å². The quantitative estimate of drug-likeness (QED) is 0.162. The van der Waals surface area contributed by atoms with Gasteiger partial charge in [-0.05, 0) is 87.5 Å². The number of nitrogens with zero attached hydrogens (tertiary/aromatic N) is 1. The molecule has 0 saturated carbocycles. The average Bonchev–Trinajstić information content (AvgIpc) is 3.85. The monoisotopic (exact) mass is 745 g/mol. The van der Waals surface area contributed by atoms with Crippen LogP contribution in [-0.4, -0.2) is 0 Å². The van der Waals surface area contributed by atoms with Crippen molar-refractivity contribution in [3.05, 3.63) is 212 Å². The third kappa shape index (κ3) is 5.80. The molecule has 2 nitrogen and oxygen atoms in total. The molecule has 2 aromatic heterocycles.